The van der Waals surface area contributed by atoms with Crippen molar-refractivity contribution < 1.29 is 19.4 Å². The molecular formula is C10H20O4. The highest BCUT2D eigenvalue weighted by molar-refractivity contribution is 5.70. The number of unbranched alkanes of at least 4 members (excludes halogenated alkanes) is 3. The van der Waals surface area contributed by atoms with Crippen LogP contribution in [0.3, 0.4) is 0 Å². The third-order valence-corrected chi connectivity index (χ3v) is 1.72. The summed E-state index contributed by atoms with van der Waals surface area (Å²) in [4.78, 5) is 10.8. The normalized spacial score (nSPS) is 10.1. The third-order valence-electron chi connectivity index (χ3n) is 1.72. The second-order valence-electron chi connectivity index (χ2n) is 3.00. The highest BCUT2D eigenvalue weighted by Crippen LogP contribution is 1.99. The van der Waals surface area contributed by atoms with E-state index in [9.17, 15) is 4.79 Å². The molecule has 0 unspecified atom stereocenters. The highest BCUT2D eigenvalue weighted by atomic mass is 16.6. The van der Waals surface area contributed by atoms with Gasteiger partial charge in [-0.3, -0.25) is 0 Å². The quantitative estimate of drug-likeness (QED) is 0.451. The molecule has 4 heteroatoms. The summed E-state index contributed by atoms with van der Waals surface area (Å²) < 4.78 is 9.78. The van der Waals surface area contributed by atoms with Crippen molar-refractivity contribution in [3.8, 4) is 0 Å². The molecule has 84 valence electrons. The van der Waals surface area contributed by atoms with Gasteiger partial charge in [0.15, 0.2) is 0 Å². The van der Waals surface area contributed by atoms with Crippen LogP contribution in [0.25, 0.3) is 0 Å². The number of rotatable bonds is 9. The summed E-state index contributed by atoms with van der Waals surface area (Å²) >= 11 is 0. The summed E-state index contributed by atoms with van der Waals surface area (Å²) in [6.07, 6.45) is 3.82. The van der Waals surface area contributed by atoms with E-state index >= 15 is 0 Å². The molecule has 0 amide bonds. The molecular weight excluding hydrogens is 184 g/mol. The van der Waals surface area contributed by atoms with Crippen molar-refractivity contribution in [1.82, 2.24) is 0 Å². The molecule has 0 saturated heterocycles. The lowest BCUT2D eigenvalue weighted by Gasteiger charge is -2.03. The fraction of sp³-hybridized carbons (Fsp3) is 0.900. The zero-order valence-electron chi connectivity index (χ0n) is 8.83. The van der Waals surface area contributed by atoms with E-state index in [0.29, 0.717) is 13.2 Å². The predicted octanol–water partition coefficient (Wildman–Crippen LogP) is 1.12. The minimum Gasteiger partial charge on any atom is -0.464 e. The van der Waals surface area contributed by atoms with Crippen molar-refractivity contribution >= 4 is 5.97 Å². The summed E-state index contributed by atoms with van der Waals surface area (Å²) in [5.41, 5.74) is 0. The summed E-state index contributed by atoms with van der Waals surface area (Å²) in [5.74, 6) is -0.303. The molecule has 14 heavy (non-hydrogen) atoms. The van der Waals surface area contributed by atoms with Crippen LogP contribution in [-0.4, -0.2) is 37.5 Å². The Balaban J connectivity index is 3.01. The van der Waals surface area contributed by atoms with Crippen molar-refractivity contribution in [2.45, 2.75) is 32.6 Å². The Morgan fingerprint density at radius 2 is 1.93 bits per heavy atom. The molecule has 1 N–H and O–H groups in total. The van der Waals surface area contributed by atoms with Gasteiger partial charge in [-0.2, -0.15) is 0 Å². The number of hydrogen-bond donors (Lipinski definition) is 1. The van der Waals surface area contributed by atoms with Gasteiger partial charge >= 0.3 is 5.97 Å². The lowest BCUT2D eigenvalue weighted by atomic mass is 10.2. The average Bonchev–Trinajstić information content (AvgIpc) is 2.17. The van der Waals surface area contributed by atoms with Gasteiger partial charge in [0.25, 0.3) is 0 Å². The van der Waals surface area contributed by atoms with Gasteiger partial charge in [-0.25, -0.2) is 4.79 Å². The van der Waals surface area contributed by atoms with E-state index in [0.717, 1.165) is 25.7 Å². The lowest BCUT2D eigenvalue weighted by molar-refractivity contribution is -0.148. The first-order valence-corrected chi connectivity index (χ1v) is 5.15. The van der Waals surface area contributed by atoms with E-state index in [-0.39, 0.29) is 19.2 Å². The Morgan fingerprint density at radius 1 is 1.21 bits per heavy atom. The molecule has 0 fully saturated rings. The van der Waals surface area contributed by atoms with Crippen molar-refractivity contribution in [2.75, 3.05) is 26.4 Å². The Kier molecular flexibility index (Phi) is 10.0. The molecule has 0 spiro atoms. The lowest BCUT2D eigenvalue weighted by Crippen LogP contribution is -2.12. The molecule has 4 nitrogen and oxygen atoms in total. The molecule has 0 rings (SSSR count). The van der Waals surface area contributed by atoms with Crippen LogP contribution in [0.2, 0.25) is 0 Å². The Morgan fingerprint density at radius 3 is 2.57 bits per heavy atom. The van der Waals surface area contributed by atoms with Crippen LogP contribution < -0.4 is 0 Å². The monoisotopic (exact) mass is 204 g/mol. The summed E-state index contributed by atoms with van der Waals surface area (Å²) in [6.45, 7) is 3.06. The first-order valence-electron chi connectivity index (χ1n) is 5.15. The van der Waals surface area contributed by atoms with Gasteiger partial charge in [-0.1, -0.05) is 12.8 Å². The zero-order chi connectivity index (χ0) is 10.6. The number of aliphatic hydroxyl groups excluding tert-OH is 1. The van der Waals surface area contributed by atoms with Gasteiger partial charge in [-0.05, 0) is 19.8 Å². The second kappa shape index (κ2) is 10.5. The Labute approximate surface area is 85.2 Å². The third kappa shape index (κ3) is 9.48. The van der Waals surface area contributed by atoms with Crippen LogP contribution in [0, 0.1) is 0 Å². The maximum absolute atomic E-state index is 10.8. The fourth-order valence-electron chi connectivity index (χ4n) is 1.03. The molecule has 0 saturated carbocycles. The molecule has 0 aromatic rings. The van der Waals surface area contributed by atoms with Crippen LogP contribution in [0.1, 0.15) is 32.6 Å². The SMILES string of the molecule is CCOC(=O)COCCCCCCO. The average molecular weight is 204 g/mol. The topological polar surface area (TPSA) is 55.8 Å². The predicted molar refractivity (Wildman–Crippen MR) is 53.0 cm³/mol. The molecule has 0 aliphatic rings. The van der Waals surface area contributed by atoms with Gasteiger partial charge in [0.2, 0.25) is 0 Å². The Bertz CT molecular complexity index is 136. The minimum absolute atomic E-state index is 0.0494. The molecule has 0 aromatic heterocycles. The van der Waals surface area contributed by atoms with Gasteiger partial charge in [-0.15, -0.1) is 0 Å². The molecule has 0 aliphatic carbocycles. The van der Waals surface area contributed by atoms with Crippen LogP contribution in [0.4, 0.5) is 0 Å². The van der Waals surface area contributed by atoms with Gasteiger partial charge in [0, 0.05) is 13.2 Å². The van der Waals surface area contributed by atoms with Crippen LogP contribution in [0.15, 0.2) is 0 Å². The molecule has 0 bridgehead atoms. The molecule has 0 atom stereocenters. The molecule has 0 radical (unpaired) electrons. The number of carbonyl (C=O) groups excluding carboxylic acids is 1. The van der Waals surface area contributed by atoms with E-state index in [2.05, 4.69) is 4.74 Å². The van der Waals surface area contributed by atoms with E-state index < -0.39 is 0 Å². The fourth-order valence-corrected chi connectivity index (χ4v) is 1.03. The zero-order valence-corrected chi connectivity index (χ0v) is 8.83. The maximum atomic E-state index is 10.8. The van der Waals surface area contributed by atoms with E-state index in [1.807, 2.05) is 0 Å². The van der Waals surface area contributed by atoms with Crippen molar-refractivity contribution in [1.29, 1.82) is 0 Å². The largest absolute Gasteiger partial charge is 0.464 e. The summed E-state index contributed by atoms with van der Waals surface area (Å²) in [5, 5.41) is 8.51. The summed E-state index contributed by atoms with van der Waals surface area (Å²) in [7, 11) is 0. The minimum atomic E-state index is -0.303. The number of carbonyl (C=O) groups is 1. The van der Waals surface area contributed by atoms with E-state index in [4.69, 9.17) is 9.84 Å². The van der Waals surface area contributed by atoms with E-state index in [1.165, 1.54) is 0 Å². The molecule has 0 heterocycles. The molecule has 0 aliphatic heterocycles. The van der Waals surface area contributed by atoms with Crippen LogP contribution in [0.5, 0.6) is 0 Å². The number of esters is 1. The van der Waals surface area contributed by atoms with Gasteiger partial charge in [0.05, 0.1) is 6.61 Å². The first kappa shape index (κ1) is 13.4. The number of aliphatic hydroxyl groups is 1. The van der Waals surface area contributed by atoms with Crippen LogP contribution >= 0.6 is 0 Å². The second-order valence-corrected chi connectivity index (χ2v) is 3.00. The standard InChI is InChI=1S/C10H20O4/c1-2-14-10(12)9-13-8-6-4-3-5-7-11/h11H,2-9H2,1H3. The van der Waals surface area contributed by atoms with Crippen molar-refractivity contribution in [2.24, 2.45) is 0 Å². The van der Waals surface area contributed by atoms with E-state index in [1.54, 1.807) is 6.92 Å². The van der Waals surface area contributed by atoms with Gasteiger partial charge < -0.3 is 14.6 Å². The van der Waals surface area contributed by atoms with Crippen molar-refractivity contribution in [3.05, 3.63) is 0 Å². The first-order chi connectivity index (χ1) is 6.81. The van der Waals surface area contributed by atoms with Crippen molar-refractivity contribution in [3.63, 3.8) is 0 Å². The maximum Gasteiger partial charge on any atom is 0.332 e. The van der Waals surface area contributed by atoms with Crippen LogP contribution in [-0.2, 0) is 14.3 Å². The smallest absolute Gasteiger partial charge is 0.332 e. The summed E-state index contributed by atoms with van der Waals surface area (Å²) in [6, 6.07) is 0. The highest BCUT2D eigenvalue weighted by Gasteiger charge is 2.00. The number of hydrogen-bond acceptors (Lipinski definition) is 4. The Hall–Kier alpha value is -0.610. The number of ether oxygens (including phenoxy) is 2. The van der Waals surface area contributed by atoms with Gasteiger partial charge in [0.1, 0.15) is 6.61 Å². The molecule has 0 aromatic carbocycles.